The van der Waals surface area contributed by atoms with Gasteiger partial charge in [-0.1, -0.05) is 17.7 Å². The first kappa shape index (κ1) is 14.7. The Morgan fingerprint density at radius 2 is 2.00 bits per heavy atom. The molecule has 1 N–H and O–H groups in total. The second kappa shape index (κ2) is 6.25. The zero-order valence-corrected chi connectivity index (χ0v) is 12.5. The van der Waals surface area contributed by atoms with Crippen molar-refractivity contribution in [1.82, 2.24) is 10.3 Å². The van der Waals surface area contributed by atoms with Crippen LogP contribution in [0.3, 0.4) is 0 Å². The maximum absolute atomic E-state index is 12.4. The summed E-state index contributed by atoms with van der Waals surface area (Å²) in [4.78, 5) is 29.8. The summed E-state index contributed by atoms with van der Waals surface area (Å²) in [6.07, 6.45) is 3.57. The molecule has 6 heteroatoms. The van der Waals surface area contributed by atoms with Crippen LogP contribution in [0.25, 0.3) is 0 Å². The van der Waals surface area contributed by atoms with Gasteiger partial charge in [0.15, 0.2) is 0 Å². The lowest BCUT2D eigenvalue weighted by Gasteiger charge is -2.15. The van der Waals surface area contributed by atoms with E-state index in [-0.39, 0.29) is 18.2 Å². The number of carbonyl (C=O) groups is 2. The smallest absolute Gasteiger partial charge is 0.251 e. The van der Waals surface area contributed by atoms with Crippen LogP contribution in [-0.4, -0.2) is 22.8 Å². The molecule has 2 aromatic rings. The van der Waals surface area contributed by atoms with Gasteiger partial charge in [0.05, 0.1) is 18.2 Å². The molecule has 0 unspecified atom stereocenters. The number of amides is 2. The first-order valence-electron chi connectivity index (χ1n) is 6.90. The zero-order chi connectivity index (χ0) is 15.5. The second-order valence-corrected chi connectivity index (χ2v) is 5.48. The van der Waals surface area contributed by atoms with Crippen LogP contribution in [0, 0.1) is 0 Å². The van der Waals surface area contributed by atoms with Crippen molar-refractivity contribution >= 4 is 29.1 Å². The highest BCUT2D eigenvalue weighted by Crippen LogP contribution is 2.24. The van der Waals surface area contributed by atoms with Gasteiger partial charge in [-0.2, -0.15) is 0 Å². The summed E-state index contributed by atoms with van der Waals surface area (Å²) >= 11 is 5.83. The Labute approximate surface area is 132 Å². The van der Waals surface area contributed by atoms with E-state index < -0.39 is 6.04 Å². The summed E-state index contributed by atoms with van der Waals surface area (Å²) in [7, 11) is 0. The fourth-order valence-corrected chi connectivity index (χ4v) is 2.52. The minimum atomic E-state index is -0.511. The summed E-state index contributed by atoms with van der Waals surface area (Å²) in [5, 5.41) is 3.68. The van der Waals surface area contributed by atoms with Crippen molar-refractivity contribution in [3.8, 4) is 0 Å². The number of aromatic nitrogens is 1. The quantitative estimate of drug-likeness (QED) is 0.878. The molecular weight excluding hydrogens is 302 g/mol. The lowest BCUT2D eigenvalue weighted by molar-refractivity contribution is -0.121. The number of carbonyl (C=O) groups excluding carboxylic acids is 2. The summed E-state index contributed by atoms with van der Waals surface area (Å²) in [5.41, 5.74) is 1.51. The van der Waals surface area contributed by atoms with Crippen LogP contribution in [0.5, 0.6) is 0 Å². The molecule has 2 amide bonds. The molecule has 1 aliphatic heterocycles. The number of nitrogens with one attached hydrogen (secondary N) is 1. The lowest BCUT2D eigenvalue weighted by Crippen LogP contribution is -2.38. The third-order valence-electron chi connectivity index (χ3n) is 3.51. The number of pyridine rings is 1. The molecular formula is C16H14ClN3O2. The molecule has 1 aromatic heterocycles. The Morgan fingerprint density at radius 3 is 2.68 bits per heavy atom. The number of benzene rings is 1. The van der Waals surface area contributed by atoms with E-state index in [1.807, 2.05) is 12.1 Å². The number of rotatable bonds is 4. The SMILES string of the molecule is O=C1C[C@H](NCc2cccnc2)C(=O)N1c1ccc(Cl)cc1. The monoisotopic (exact) mass is 315 g/mol. The Balaban J connectivity index is 1.70. The topological polar surface area (TPSA) is 62.3 Å². The first-order chi connectivity index (χ1) is 10.6. The maximum Gasteiger partial charge on any atom is 0.251 e. The highest BCUT2D eigenvalue weighted by Gasteiger charge is 2.39. The molecule has 22 heavy (non-hydrogen) atoms. The van der Waals surface area contributed by atoms with Crippen molar-refractivity contribution in [2.75, 3.05) is 4.90 Å². The fraction of sp³-hybridized carbons (Fsp3) is 0.188. The molecule has 2 heterocycles. The molecule has 112 valence electrons. The van der Waals surface area contributed by atoms with Crippen molar-refractivity contribution in [2.45, 2.75) is 19.0 Å². The zero-order valence-electron chi connectivity index (χ0n) is 11.7. The van der Waals surface area contributed by atoms with Crippen molar-refractivity contribution in [3.63, 3.8) is 0 Å². The van der Waals surface area contributed by atoms with Gasteiger partial charge in [0, 0.05) is 24.0 Å². The number of imide groups is 1. The van der Waals surface area contributed by atoms with Crippen LogP contribution in [0.2, 0.25) is 5.02 Å². The molecule has 0 bridgehead atoms. The molecule has 5 nitrogen and oxygen atoms in total. The average Bonchev–Trinajstić information content (AvgIpc) is 2.82. The van der Waals surface area contributed by atoms with Crippen LogP contribution in [0.15, 0.2) is 48.8 Å². The van der Waals surface area contributed by atoms with Gasteiger partial charge in [0.2, 0.25) is 5.91 Å². The third-order valence-corrected chi connectivity index (χ3v) is 3.76. The molecule has 1 atom stereocenters. The van der Waals surface area contributed by atoms with Gasteiger partial charge >= 0.3 is 0 Å². The van der Waals surface area contributed by atoms with Gasteiger partial charge in [0.1, 0.15) is 0 Å². The first-order valence-corrected chi connectivity index (χ1v) is 7.27. The average molecular weight is 316 g/mol. The van der Waals surface area contributed by atoms with Crippen LogP contribution in [0.4, 0.5) is 5.69 Å². The van der Waals surface area contributed by atoms with Gasteiger partial charge in [-0.3, -0.25) is 14.6 Å². The minimum absolute atomic E-state index is 0.154. The third kappa shape index (κ3) is 3.00. The second-order valence-electron chi connectivity index (χ2n) is 5.04. The van der Waals surface area contributed by atoms with E-state index in [1.165, 1.54) is 4.90 Å². The van der Waals surface area contributed by atoms with Crippen LogP contribution >= 0.6 is 11.6 Å². The number of halogens is 1. The van der Waals surface area contributed by atoms with Crippen molar-refractivity contribution < 1.29 is 9.59 Å². The van der Waals surface area contributed by atoms with E-state index in [0.717, 1.165) is 5.56 Å². The fourth-order valence-electron chi connectivity index (χ4n) is 2.40. The molecule has 3 rings (SSSR count). The maximum atomic E-state index is 12.4. The van der Waals surface area contributed by atoms with Crippen molar-refractivity contribution in [3.05, 3.63) is 59.4 Å². The highest BCUT2D eigenvalue weighted by molar-refractivity contribution is 6.30. The normalized spacial score (nSPS) is 18.0. The molecule has 0 aliphatic carbocycles. The van der Waals surface area contributed by atoms with Crippen molar-refractivity contribution in [2.24, 2.45) is 0 Å². The Hall–Kier alpha value is -2.24. The molecule has 1 aliphatic rings. The number of hydrogen-bond donors (Lipinski definition) is 1. The highest BCUT2D eigenvalue weighted by atomic mass is 35.5. The predicted octanol–water partition coefficient (Wildman–Crippen LogP) is 2.16. The standard InChI is InChI=1S/C16H14ClN3O2/c17-12-3-5-13(6-4-12)20-15(21)8-14(16(20)22)19-10-11-2-1-7-18-9-11/h1-7,9,14,19H,8,10H2/t14-/m0/s1. The summed E-state index contributed by atoms with van der Waals surface area (Å²) in [6.45, 7) is 0.492. The van der Waals surface area contributed by atoms with E-state index >= 15 is 0 Å². The number of nitrogens with zero attached hydrogens (tertiary/aromatic N) is 2. The van der Waals surface area contributed by atoms with Gasteiger partial charge in [0.25, 0.3) is 5.91 Å². The van der Waals surface area contributed by atoms with E-state index in [4.69, 9.17) is 11.6 Å². The molecule has 1 aromatic carbocycles. The van der Waals surface area contributed by atoms with E-state index in [9.17, 15) is 9.59 Å². The summed E-state index contributed by atoms with van der Waals surface area (Å²) in [6, 6.07) is 9.89. The molecule has 0 radical (unpaired) electrons. The largest absolute Gasteiger partial charge is 0.301 e. The molecule has 0 saturated carbocycles. The Bertz CT molecular complexity index is 688. The molecule has 0 spiro atoms. The van der Waals surface area contributed by atoms with Crippen LogP contribution in [0.1, 0.15) is 12.0 Å². The van der Waals surface area contributed by atoms with Crippen LogP contribution < -0.4 is 10.2 Å². The van der Waals surface area contributed by atoms with Gasteiger partial charge in [-0.25, -0.2) is 4.90 Å². The number of anilines is 1. The minimum Gasteiger partial charge on any atom is -0.301 e. The Morgan fingerprint density at radius 1 is 1.23 bits per heavy atom. The summed E-state index contributed by atoms with van der Waals surface area (Å²) < 4.78 is 0. The predicted molar refractivity (Wildman–Crippen MR) is 83.4 cm³/mol. The van der Waals surface area contributed by atoms with Gasteiger partial charge < -0.3 is 5.32 Å². The van der Waals surface area contributed by atoms with E-state index in [0.29, 0.717) is 17.3 Å². The van der Waals surface area contributed by atoms with Crippen molar-refractivity contribution in [1.29, 1.82) is 0 Å². The van der Waals surface area contributed by atoms with Gasteiger partial charge in [-0.15, -0.1) is 0 Å². The Kier molecular flexibility index (Phi) is 4.18. The lowest BCUT2D eigenvalue weighted by atomic mass is 10.2. The van der Waals surface area contributed by atoms with E-state index in [2.05, 4.69) is 10.3 Å². The molecule has 1 saturated heterocycles. The molecule has 1 fully saturated rings. The van der Waals surface area contributed by atoms with Gasteiger partial charge in [-0.05, 0) is 35.9 Å². The van der Waals surface area contributed by atoms with E-state index in [1.54, 1.807) is 36.7 Å². The number of hydrogen-bond acceptors (Lipinski definition) is 4. The van der Waals surface area contributed by atoms with Crippen LogP contribution in [-0.2, 0) is 16.1 Å². The summed E-state index contributed by atoms with van der Waals surface area (Å²) in [5.74, 6) is -0.452.